The van der Waals surface area contributed by atoms with Crippen LogP contribution in [0.15, 0.2) is 0 Å². The summed E-state index contributed by atoms with van der Waals surface area (Å²) >= 11 is 24.6. The van der Waals surface area contributed by atoms with Crippen molar-refractivity contribution < 1.29 is 0 Å². The molecule has 0 amide bonds. The van der Waals surface area contributed by atoms with Gasteiger partial charge in [0.2, 0.25) is 11.9 Å². The quantitative estimate of drug-likeness (QED) is 0.328. The Morgan fingerprint density at radius 3 is 1.14 bits per heavy atom. The monoisotopic (exact) mass is 576 g/mol. The van der Waals surface area contributed by atoms with Gasteiger partial charge in [0.25, 0.3) is 0 Å². The van der Waals surface area contributed by atoms with Gasteiger partial charge in [-0.3, -0.25) is 0 Å². The summed E-state index contributed by atoms with van der Waals surface area (Å²) in [6.07, 6.45) is 7.00. The molecule has 12 heteroatoms. The van der Waals surface area contributed by atoms with Crippen molar-refractivity contribution >= 4 is 81.0 Å². The lowest BCUT2D eigenvalue weighted by Crippen LogP contribution is -2.35. The molecular formula is C24H36Cl4N8. The normalized spacial score (nSPS) is 16.6. The molecule has 0 aliphatic carbocycles. The molecule has 0 bridgehead atoms. The van der Waals surface area contributed by atoms with Crippen LogP contribution in [-0.2, 0) is 0 Å². The Balaban J connectivity index is 1.94. The minimum Gasteiger partial charge on any atom is -0.355 e. The van der Waals surface area contributed by atoms with Crippen LogP contribution in [0, 0.1) is 0 Å². The highest BCUT2D eigenvalue weighted by Crippen LogP contribution is 2.34. The molecule has 0 saturated carbocycles. The zero-order chi connectivity index (χ0) is 25.3. The SMILES string of the molecule is ClCCN(CCCl)c1nc(N2CCCCC2)c2nc(N(CCCl)CCCl)nc(N3CCCCC3)c2n1. The molecule has 200 valence electrons. The standard InChI is InChI=1S/C24H36Cl4N8/c25-7-15-35(16-8-26)23-30-20-19(21(31-23)33-11-3-1-4-12-33)29-24(36(17-9-27)18-10-28)32-22(20)34-13-5-2-6-14-34/h1-18H2. The summed E-state index contributed by atoms with van der Waals surface area (Å²) in [5, 5.41) is 0. The highest BCUT2D eigenvalue weighted by atomic mass is 35.5. The maximum absolute atomic E-state index is 6.15. The van der Waals surface area contributed by atoms with E-state index in [1.165, 1.54) is 12.8 Å². The lowest BCUT2D eigenvalue weighted by Gasteiger charge is -2.33. The molecular weight excluding hydrogens is 542 g/mol. The van der Waals surface area contributed by atoms with Gasteiger partial charge in [-0.1, -0.05) is 0 Å². The third-order valence-electron chi connectivity index (χ3n) is 6.78. The molecule has 0 atom stereocenters. The number of hydrogen-bond acceptors (Lipinski definition) is 8. The van der Waals surface area contributed by atoms with Crippen LogP contribution in [0.1, 0.15) is 38.5 Å². The summed E-state index contributed by atoms with van der Waals surface area (Å²) in [6, 6.07) is 0. The molecule has 0 spiro atoms. The number of alkyl halides is 4. The molecule has 0 radical (unpaired) electrons. The van der Waals surface area contributed by atoms with Gasteiger partial charge in [-0.15, -0.1) is 46.4 Å². The topological polar surface area (TPSA) is 64.5 Å². The van der Waals surface area contributed by atoms with Crippen LogP contribution in [0.25, 0.3) is 11.0 Å². The first kappa shape index (κ1) is 27.8. The zero-order valence-corrected chi connectivity index (χ0v) is 23.8. The summed E-state index contributed by atoms with van der Waals surface area (Å²) in [5.74, 6) is 4.88. The van der Waals surface area contributed by atoms with Crippen LogP contribution in [0.3, 0.4) is 0 Å². The van der Waals surface area contributed by atoms with E-state index in [-0.39, 0.29) is 0 Å². The molecule has 2 aliphatic rings. The van der Waals surface area contributed by atoms with Crippen molar-refractivity contribution in [1.29, 1.82) is 0 Å². The van der Waals surface area contributed by atoms with Crippen LogP contribution in [-0.4, -0.2) is 95.8 Å². The number of hydrogen-bond donors (Lipinski definition) is 0. The molecule has 2 aromatic rings. The van der Waals surface area contributed by atoms with E-state index in [9.17, 15) is 0 Å². The number of rotatable bonds is 12. The first-order valence-corrected chi connectivity index (χ1v) is 15.2. The van der Waals surface area contributed by atoms with Gasteiger partial charge in [0, 0.05) is 75.9 Å². The van der Waals surface area contributed by atoms with Crippen LogP contribution in [0.5, 0.6) is 0 Å². The minimum absolute atomic E-state index is 0.470. The van der Waals surface area contributed by atoms with Crippen LogP contribution >= 0.6 is 46.4 Å². The Morgan fingerprint density at radius 1 is 0.500 bits per heavy atom. The van der Waals surface area contributed by atoms with Crippen LogP contribution < -0.4 is 19.6 Å². The molecule has 2 aromatic heterocycles. The second-order valence-corrected chi connectivity index (χ2v) is 10.7. The summed E-state index contributed by atoms with van der Waals surface area (Å²) in [4.78, 5) is 29.1. The Labute approximate surface area is 234 Å². The fourth-order valence-corrected chi connectivity index (χ4v) is 5.75. The number of nitrogens with zero attached hydrogens (tertiary/aromatic N) is 8. The largest absolute Gasteiger partial charge is 0.355 e. The molecule has 2 aliphatic heterocycles. The van der Waals surface area contributed by atoms with E-state index in [1.54, 1.807) is 0 Å². The number of piperidine rings is 2. The van der Waals surface area contributed by atoms with E-state index in [2.05, 4.69) is 19.6 Å². The Bertz CT molecular complexity index is 880. The molecule has 2 saturated heterocycles. The van der Waals surface area contributed by atoms with Crippen molar-refractivity contribution in [3.05, 3.63) is 0 Å². The van der Waals surface area contributed by atoms with E-state index in [4.69, 9.17) is 66.3 Å². The zero-order valence-electron chi connectivity index (χ0n) is 20.8. The Kier molecular flexibility index (Phi) is 10.9. The molecule has 2 fully saturated rings. The highest BCUT2D eigenvalue weighted by molar-refractivity contribution is 6.19. The van der Waals surface area contributed by atoms with Crippen molar-refractivity contribution in [2.24, 2.45) is 0 Å². The van der Waals surface area contributed by atoms with Gasteiger partial charge in [-0.25, -0.2) is 9.97 Å². The number of fused-ring (bicyclic) bond motifs is 1. The molecule has 4 rings (SSSR count). The summed E-state index contributed by atoms with van der Waals surface area (Å²) in [6.45, 7) is 6.27. The van der Waals surface area contributed by atoms with E-state index in [1.807, 2.05) is 0 Å². The van der Waals surface area contributed by atoms with E-state index in [0.717, 1.165) is 74.5 Å². The predicted octanol–water partition coefficient (Wildman–Crippen LogP) is 4.97. The summed E-state index contributed by atoms with van der Waals surface area (Å²) in [5.41, 5.74) is 1.58. The fraction of sp³-hybridized carbons (Fsp3) is 0.750. The number of anilines is 4. The lowest BCUT2D eigenvalue weighted by atomic mass is 10.1. The van der Waals surface area contributed by atoms with Crippen molar-refractivity contribution in [3.63, 3.8) is 0 Å². The third-order valence-corrected chi connectivity index (χ3v) is 7.45. The van der Waals surface area contributed by atoms with Gasteiger partial charge in [-0.2, -0.15) is 9.97 Å². The Hall–Kier alpha value is -1.22. The van der Waals surface area contributed by atoms with Crippen molar-refractivity contribution in [3.8, 4) is 0 Å². The first-order valence-electron chi connectivity index (χ1n) is 13.0. The second kappa shape index (κ2) is 14.1. The van der Waals surface area contributed by atoms with Gasteiger partial charge in [0.15, 0.2) is 11.6 Å². The molecule has 8 nitrogen and oxygen atoms in total. The number of aromatic nitrogens is 4. The molecule has 0 aromatic carbocycles. The average molecular weight is 578 g/mol. The van der Waals surface area contributed by atoms with Crippen LogP contribution in [0.2, 0.25) is 0 Å². The van der Waals surface area contributed by atoms with Gasteiger partial charge >= 0.3 is 0 Å². The molecule has 0 N–H and O–H groups in total. The maximum atomic E-state index is 6.15. The highest BCUT2D eigenvalue weighted by Gasteiger charge is 2.27. The van der Waals surface area contributed by atoms with Gasteiger partial charge in [-0.05, 0) is 38.5 Å². The fourth-order valence-electron chi connectivity index (χ4n) is 4.93. The predicted molar refractivity (Wildman–Crippen MR) is 155 cm³/mol. The Morgan fingerprint density at radius 2 is 0.833 bits per heavy atom. The average Bonchev–Trinajstić information content (AvgIpc) is 2.92. The van der Waals surface area contributed by atoms with Gasteiger partial charge < -0.3 is 19.6 Å². The first-order chi connectivity index (χ1) is 17.7. The maximum Gasteiger partial charge on any atom is 0.228 e. The molecule has 36 heavy (non-hydrogen) atoms. The van der Waals surface area contributed by atoms with E-state index >= 15 is 0 Å². The number of halogens is 4. The third kappa shape index (κ3) is 6.61. The summed E-state index contributed by atoms with van der Waals surface area (Å²) in [7, 11) is 0. The smallest absolute Gasteiger partial charge is 0.228 e. The molecule has 4 heterocycles. The van der Waals surface area contributed by atoms with E-state index < -0.39 is 0 Å². The second-order valence-electron chi connectivity index (χ2n) is 9.22. The summed E-state index contributed by atoms with van der Waals surface area (Å²) < 4.78 is 0. The van der Waals surface area contributed by atoms with Crippen molar-refractivity contribution in [2.45, 2.75) is 38.5 Å². The van der Waals surface area contributed by atoms with Crippen molar-refractivity contribution in [1.82, 2.24) is 19.9 Å². The minimum atomic E-state index is 0.470. The van der Waals surface area contributed by atoms with E-state index in [0.29, 0.717) is 61.6 Å². The lowest BCUT2D eigenvalue weighted by molar-refractivity contribution is 0.572. The molecule has 0 unspecified atom stereocenters. The van der Waals surface area contributed by atoms with Crippen LogP contribution in [0.4, 0.5) is 23.5 Å². The van der Waals surface area contributed by atoms with Crippen molar-refractivity contribution in [2.75, 3.05) is 95.5 Å². The van der Waals surface area contributed by atoms with Gasteiger partial charge in [0.1, 0.15) is 11.0 Å². The van der Waals surface area contributed by atoms with Gasteiger partial charge in [0.05, 0.1) is 0 Å².